The Morgan fingerprint density at radius 2 is 1.82 bits per heavy atom. The van der Waals surface area contributed by atoms with E-state index in [-0.39, 0.29) is 0 Å². The van der Waals surface area contributed by atoms with Crippen LogP contribution in [0.2, 0.25) is 0 Å². The Balaban J connectivity index is 0.000000461. The second kappa shape index (κ2) is 4.73. The molecule has 0 unspecified atom stereocenters. The first kappa shape index (κ1) is 10.9. The van der Waals surface area contributed by atoms with Gasteiger partial charge in [0.2, 0.25) is 0 Å². The molecule has 0 amide bonds. The highest BCUT2D eigenvalue weighted by Crippen LogP contribution is 2.12. The van der Waals surface area contributed by atoms with E-state index in [1.807, 2.05) is 13.8 Å². The molecule has 2 heteroatoms. The van der Waals surface area contributed by atoms with Crippen molar-refractivity contribution >= 4 is 0 Å². The smallest absolute Gasteiger partial charge is 0.0275 e. The van der Waals surface area contributed by atoms with E-state index in [2.05, 4.69) is 31.1 Å². The zero-order valence-electron chi connectivity index (χ0n) is 8.57. The molecule has 0 radical (unpaired) electrons. The van der Waals surface area contributed by atoms with E-state index in [1.165, 1.54) is 6.54 Å². The molecule has 0 saturated carbocycles. The average molecular weight is 158 g/mol. The second-order valence-electron chi connectivity index (χ2n) is 3.41. The minimum atomic E-state index is 0.359. The van der Waals surface area contributed by atoms with Crippen molar-refractivity contribution in [3.63, 3.8) is 0 Å². The molecule has 11 heavy (non-hydrogen) atoms. The third kappa shape index (κ3) is 3.21. The Morgan fingerprint density at radius 1 is 1.27 bits per heavy atom. The van der Waals surface area contributed by atoms with Crippen molar-refractivity contribution in [2.24, 2.45) is 0 Å². The van der Waals surface area contributed by atoms with Gasteiger partial charge in [-0.2, -0.15) is 0 Å². The van der Waals surface area contributed by atoms with Crippen LogP contribution in [0.1, 0.15) is 27.7 Å². The summed E-state index contributed by atoms with van der Waals surface area (Å²) in [6.45, 7) is 12.0. The molecule has 0 aromatic heterocycles. The predicted molar refractivity (Wildman–Crippen MR) is 50.9 cm³/mol. The van der Waals surface area contributed by atoms with E-state index in [0.29, 0.717) is 5.54 Å². The number of hydrogen-bond acceptors (Lipinski definition) is 2. The van der Waals surface area contributed by atoms with E-state index in [0.717, 1.165) is 13.1 Å². The third-order valence-electron chi connectivity index (χ3n) is 2.21. The predicted octanol–water partition coefficient (Wildman–Crippen LogP) is 1.33. The Bertz CT molecular complexity index is 99.7. The SMILES string of the molecule is CC.CN1CCNCC1(C)C. The maximum Gasteiger partial charge on any atom is 0.0275 e. The lowest BCUT2D eigenvalue weighted by molar-refractivity contribution is 0.123. The van der Waals surface area contributed by atoms with Gasteiger partial charge in [-0.1, -0.05) is 13.8 Å². The van der Waals surface area contributed by atoms with E-state index < -0.39 is 0 Å². The summed E-state index contributed by atoms with van der Waals surface area (Å²) in [5.41, 5.74) is 0.359. The summed E-state index contributed by atoms with van der Waals surface area (Å²) >= 11 is 0. The Hall–Kier alpha value is -0.0800. The number of hydrogen-bond donors (Lipinski definition) is 1. The maximum absolute atomic E-state index is 3.36. The van der Waals surface area contributed by atoms with Crippen LogP contribution in [0.4, 0.5) is 0 Å². The minimum absolute atomic E-state index is 0.359. The quantitative estimate of drug-likeness (QED) is 0.572. The Kier molecular flexibility index (Phi) is 4.69. The van der Waals surface area contributed by atoms with Crippen molar-refractivity contribution < 1.29 is 0 Å². The van der Waals surface area contributed by atoms with Crippen LogP contribution in [0.5, 0.6) is 0 Å². The van der Waals surface area contributed by atoms with Gasteiger partial charge < -0.3 is 5.32 Å². The lowest BCUT2D eigenvalue weighted by Gasteiger charge is -2.40. The fraction of sp³-hybridized carbons (Fsp3) is 1.00. The van der Waals surface area contributed by atoms with Gasteiger partial charge in [0.15, 0.2) is 0 Å². The molecule has 0 bridgehead atoms. The fourth-order valence-electron chi connectivity index (χ4n) is 1.08. The van der Waals surface area contributed by atoms with Gasteiger partial charge in [0, 0.05) is 25.2 Å². The first-order valence-electron chi connectivity index (χ1n) is 4.55. The van der Waals surface area contributed by atoms with Crippen molar-refractivity contribution in [1.29, 1.82) is 0 Å². The molecule has 1 saturated heterocycles. The molecule has 0 aliphatic carbocycles. The molecule has 1 aliphatic heterocycles. The van der Waals surface area contributed by atoms with Crippen molar-refractivity contribution in [2.45, 2.75) is 33.2 Å². The summed E-state index contributed by atoms with van der Waals surface area (Å²) in [4.78, 5) is 2.39. The normalized spacial score (nSPS) is 23.7. The number of piperazine rings is 1. The molecule has 1 aliphatic rings. The topological polar surface area (TPSA) is 15.3 Å². The van der Waals surface area contributed by atoms with Crippen molar-refractivity contribution in [3.8, 4) is 0 Å². The van der Waals surface area contributed by atoms with E-state index in [9.17, 15) is 0 Å². The molecular formula is C9H22N2. The number of likely N-dealkylation sites (N-methyl/N-ethyl adjacent to an activating group) is 1. The lowest BCUT2D eigenvalue weighted by Crippen LogP contribution is -2.55. The summed E-state index contributed by atoms with van der Waals surface area (Å²) in [7, 11) is 2.18. The highest BCUT2D eigenvalue weighted by Gasteiger charge is 2.25. The molecule has 1 heterocycles. The maximum atomic E-state index is 3.36. The van der Waals surface area contributed by atoms with Crippen LogP contribution in [0, 0.1) is 0 Å². The molecule has 0 aromatic carbocycles. The summed E-state index contributed by atoms with van der Waals surface area (Å²) in [6, 6.07) is 0. The molecular weight excluding hydrogens is 136 g/mol. The van der Waals surface area contributed by atoms with Crippen LogP contribution in [-0.4, -0.2) is 37.1 Å². The van der Waals surface area contributed by atoms with Gasteiger partial charge >= 0.3 is 0 Å². The van der Waals surface area contributed by atoms with Gasteiger partial charge in [0.25, 0.3) is 0 Å². The van der Waals surface area contributed by atoms with Crippen LogP contribution in [0.25, 0.3) is 0 Å². The first-order chi connectivity index (χ1) is 5.13. The van der Waals surface area contributed by atoms with Crippen molar-refractivity contribution in [2.75, 3.05) is 26.7 Å². The van der Waals surface area contributed by atoms with Crippen LogP contribution >= 0.6 is 0 Å². The van der Waals surface area contributed by atoms with Crippen LogP contribution < -0.4 is 5.32 Å². The molecule has 68 valence electrons. The van der Waals surface area contributed by atoms with Gasteiger partial charge in [-0.3, -0.25) is 4.90 Å². The van der Waals surface area contributed by atoms with Gasteiger partial charge in [-0.25, -0.2) is 0 Å². The van der Waals surface area contributed by atoms with Gasteiger partial charge in [0.1, 0.15) is 0 Å². The summed E-state index contributed by atoms with van der Waals surface area (Å²) in [5.74, 6) is 0. The Labute approximate surface area is 71.0 Å². The average Bonchev–Trinajstić information content (AvgIpc) is 2.00. The third-order valence-corrected chi connectivity index (χ3v) is 2.21. The second-order valence-corrected chi connectivity index (χ2v) is 3.41. The molecule has 1 rings (SSSR count). The zero-order chi connectivity index (χ0) is 8.91. The molecule has 0 atom stereocenters. The summed E-state index contributed by atoms with van der Waals surface area (Å²) in [5, 5.41) is 3.36. The molecule has 0 spiro atoms. The van der Waals surface area contributed by atoms with Gasteiger partial charge in [-0.05, 0) is 20.9 Å². The number of nitrogens with one attached hydrogen (secondary N) is 1. The number of rotatable bonds is 0. The highest BCUT2D eigenvalue weighted by molar-refractivity contribution is 4.85. The lowest BCUT2D eigenvalue weighted by atomic mass is 10.0. The van der Waals surface area contributed by atoms with Gasteiger partial charge in [0.05, 0.1) is 0 Å². The van der Waals surface area contributed by atoms with Crippen molar-refractivity contribution in [1.82, 2.24) is 10.2 Å². The monoisotopic (exact) mass is 158 g/mol. The largest absolute Gasteiger partial charge is 0.314 e. The molecule has 0 aromatic rings. The molecule has 1 N–H and O–H groups in total. The van der Waals surface area contributed by atoms with Crippen molar-refractivity contribution in [3.05, 3.63) is 0 Å². The van der Waals surface area contributed by atoms with E-state index in [1.54, 1.807) is 0 Å². The van der Waals surface area contributed by atoms with Crippen LogP contribution in [-0.2, 0) is 0 Å². The summed E-state index contributed by atoms with van der Waals surface area (Å²) < 4.78 is 0. The Morgan fingerprint density at radius 3 is 2.09 bits per heavy atom. The first-order valence-corrected chi connectivity index (χ1v) is 4.55. The molecule has 2 nitrogen and oxygen atoms in total. The summed E-state index contributed by atoms with van der Waals surface area (Å²) in [6.07, 6.45) is 0. The van der Waals surface area contributed by atoms with E-state index >= 15 is 0 Å². The van der Waals surface area contributed by atoms with E-state index in [4.69, 9.17) is 0 Å². The standard InChI is InChI=1S/C7H16N2.C2H6/c1-7(2)6-8-4-5-9(7)3;1-2/h8H,4-6H2,1-3H3;1-2H3. The zero-order valence-corrected chi connectivity index (χ0v) is 8.57. The van der Waals surface area contributed by atoms with Crippen LogP contribution in [0.3, 0.4) is 0 Å². The minimum Gasteiger partial charge on any atom is -0.314 e. The molecule has 1 fully saturated rings. The fourth-order valence-corrected chi connectivity index (χ4v) is 1.08. The van der Waals surface area contributed by atoms with Crippen LogP contribution in [0.15, 0.2) is 0 Å². The highest BCUT2D eigenvalue weighted by atomic mass is 15.2. The number of nitrogens with zero attached hydrogens (tertiary/aromatic N) is 1. The van der Waals surface area contributed by atoms with Gasteiger partial charge in [-0.15, -0.1) is 0 Å².